The number of ketones is 2. The number of nitrogens with zero attached hydrogens (tertiary/aromatic N) is 27. The van der Waals surface area contributed by atoms with E-state index < -0.39 is 40.3 Å². The van der Waals surface area contributed by atoms with Gasteiger partial charge in [0.2, 0.25) is 0 Å². The number of fused-ring (bicyclic) bond motifs is 3. The van der Waals surface area contributed by atoms with Crippen LogP contribution in [0, 0.1) is 17.5 Å². The summed E-state index contributed by atoms with van der Waals surface area (Å²) in [4.78, 5) is 51.0. The molecule has 125 heavy (non-hydrogen) atoms. The third kappa shape index (κ3) is 17.2. The normalized spacial score (nSPS) is 15.9. The predicted octanol–water partition coefficient (Wildman–Crippen LogP) is 6.45. The number of hydrogen-bond acceptors (Lipinski definition) is 30. The van der Waals surface area contributed by atoms with Crippen molar-refractivity contribution in [3.05, 3.63) is 231 Å². The molecular formula is C80H79ClF4N28O12. The Morgan fingerprint density at radius 1 is 0.464 bits per heavy atom. The number of nitrogens with two attached hydrogens (primary N) is 1. The van der Waals surface area contributed by atoms with Gasteiger partial charge in [-0.25, -0.2) is 65.4 Å². The maximum atomic E-state index is 15.4. The fourth-order valence-corrected chi connectivity index (χ4v) is 15.1. The molecule has 21 rings (SSSR count). The number of aromatic nitrogens is 27. The second-order valence-electron chi connectivity index (χ2n) is 31.0. The standard InChI is InChI=1S/C27H25F2N9O3.C27H26FN9O4.C17H17N5O4.C9H10FN5O.ClH/c1-40-24-7-5-22(38-15-30-33-35-38)19(25(24)28)4-6-23(39)21-12-37(34-32-21)11-18-10-36-9-17(16-2-3-16)8-20(26(36)31-18)27(29)13-41-14-27;1-40-24-7-5-22(37-15-29-32-34-37)19(25(24)28)4-6-23(38)21-12-36(33-31-21)11-18-10-35-9-17(16-2-3-16)8-20(26(35)30-18)27(39)13-41-14-27;23-16(24)14-7-22(20-19-14)6-12-5-21-4-11(10-1-2-10)3-13(15(21)18-12)17(25)8-26-9-17;1-16-8-3-2-7(6(4-11)9(8)10)15-5-12-13-14-15;/h5,7-10,12,15-16H,2-4,6,11,13-14H2,1H3;5,7-10,12,15-16,39H,2-4,6,11,13-14H2,1H3;3-5,7,10,25H,1-2,6,8-9H2,(H,23,24);2-3,5H,4,11H2,1H3;1H. The second-order valence-corrected chi connectivity index (χ2v) is 31.0. The van der Waals surface area contributed by atoms with Crippen LogP contribution >= 0.6 is 12.4 Å². The molecule has 5 N–H and O–H groups in total. The largest absolute Gasteiger partial charge is 0.494 e. The van der Waals surface area contributed by atoms with E-state index in [9.17, 15) is 29.0 Å². The number of imidazole rings is 3. The molecule has 45 heteroatoms. The highest BCUT2D eigenvalue weighted by Crippen LogP contribution is 2.47. The first kappa shape index (κ1) is 83.6. The topological polar surface area (TPSA) is 468 Å². The molecule has 40 nitrogen and oxygen atoms in total. The van der Waals surface area contributed by atoms with Crippen LogP contribution in [0.15, 0.2) is 129 Å². The van der Waals surface area contributed by atoms with E-state index in [1.807, 2.05) is 50.1 Å². The number of rotatable bonds is 28. The van der Waals surface area contributed by atoms with Crippen LogP contribution in [0.1, 0.15) is 168 Å². The van der Waals surface area contributed by atoms with E-state index in [2.05, 4.69) is 106 Å². The van der Waals surface area contributed by atoms with Gasteiger partial charge in [-0.2, -0.15) is 0 Å². The second kappa shape index (κ2) is 34.6. The minimum absolute atomic E-state index is 0. The number of alkyl halides is 1. The Morgan fingerprint density at radius 3 is 1.10 bits per heavy atom. The third-order valence-electron chi connectivity index (χ3n) is 22.3. The van der Waals surface area contributed by atoms with E-state index in [1.165, 1.54) is 123 Å². The van der Waals surface area contributed by atoms with Crippen LogP contribution in [-0.4, -0.2) is 228 Å². The summed E-state index contributed by atoms with van der Waals surface area (Å²) in [6, 6.07) is 15.4. The molecule has 0 unspecified atom stereocenters. The van der Waals surface area contributed by atoms with Crippen LogP contribution in [0.2, 0.25) is 0 Å². The molecule has 12 aromatic heterocycles. The Kier molecular flexibility index (Phi) is 23.1. The summed E-state index contributed by atoms with van der Waals surface area (Å²) < 4.78 is 105. The summed E-state index contributed by atoms with van der Waals surface area (Å²) in [5, 5.41) is 87.3. The number of carboxylic acid groups (broad SMARTS) is 1. The van der Waals surface area contributed by atoms with Gasteiger partial charge in [0.15, 0.2) is 57.6 Å². The summed E-state index contributed by atoms with van der Waals surface area (Å²) >= 11 is 0. The van der Waals surface area contributed by atoms with Gasteiger partial charge in [0.1, 0.15) is 58.5 Å². The summed E-state index contributed by atoms with van der Waals surface area (Å²) in [5.74, 6) is -1.60. The average Bonchev–Trinajstić information content (AvgIpc) is 1.63. The van der Waals surface area contributed by atoms with Crippen LogP contribution in [0.4, 0.5) is 17.6 Å². The predicted molar refractivity (Wildman–Crippen MR) is 426 cm³/mol. The van der Waals surface area contributed by atoms with Crippen molar-refractivity contribution in [3.63, 3.8) is 0 Å². The SMILES string of the molecule is COc1ccc(-n2cnnn2)c(CCC(=O)c2cn(Cc3cn4cc(C5CC5)cc(C5(F)COC5)c4n3)nn2)c1F.COc1ccc(-n2cnnn2)c(CCC(=O)c2cn(Cc3cn4cc(C5CC5)cc(C5(O)COC5)c4n3)nn2)c1F.COc1ccc(-n2cnnn2)c(CN)c1F.Cl.O=C(O)c1cn(Cc2cn3cc(C4CC4)cc(C4(O)COC4)c3n2)nn1. The first-order valence-electron chi connectivity index (χ1n) is 39.5. The molecular weight excluding hydrogens is 1660 g/mol. The molecule has 3 saturated heterocycles. The number of carbonyl (C=O) groups excluding carboxylic acids is 2. The number of aromatic carboxylic acids is 1. The fraction of sp³-hybridized carbons (Fsp3) is 0.362. The Balaban J connectivity index is 0.000000124. The van der Waals surface area contributed by atoms with Gasteiger partial charge in [-0.15, -0.1) is 43.0 Å². The molecule has 0 spiro atoms. The lowest BCUT2D eigenvalue weighted by atomic mass is 9.91. The highest BCUT2D eigenvalue weighted by Gasteiger charge is 2.45. The lowest BCUT2D eigenvalue weighted by molar-refractivity contribution is -0.184. The number of carboxylic acids is 1. The first-order chi connectivity index (χ1) is 60.1. The van der Waals surface area contributed by atoms with E-state index in [0.717, 1.165) is 42.4 Å². The molecule has 646 valence electrons. The van der Waals surface area contributed by atoms with Gasteiger partial charge in [-0.1, -0.05) is 15.6 Å². The third-order valence-corrected chi connectivity index (χ3v) is 22.3. The number of pyridine rings is 3. The molecule has 15 aromatic rings. The molecule has 6 aliphatic rings. The van der Waals surface area contributed by atoms with Gasteiger partial charge < -0.3 is 62.7 Å². The van der Waals surface area contributed by atoms with Gasteiger partial charge in [-0.05, 0) is 172 Å². The van der Waals surface area contributed by atoms with Crippen LogP contribution in [-0.2, 0) is 70.1 Å². The minimum atomic E-state index is -1.55. The molecule has 3 aliphatic heterocycles. The summed E-state index contributed by atoms with van der Waals surface area (Å²) in [5.41, 5.74) is 13.8. The number of ether oxygens (including phenoxy) is 6. The Labute approximate surface area is 710 Å². The highest BCUT2D eigenvalue weighted by atomic mass is 35.5. The monoisotopic (exact) mass is 1730 g/mol. The Hall–Kier alpha value is -13.7. The van der Waals surface area contributed by atoms with Gasteiger partial charge in [0.05, 0.1) is 133 Å². The first-order valence-corrected chi connectivity index (χ1v) is 39.5. The fourth-order valence-electron chi connectivity index (χ4n) is 15.1. The number of tetrazole rings is 3. The number of methoxy groups -OCH3 is 3. The number of hydrogen-bond donors (Lipinski definition) is 4. The van der Waals surface area contributed by atoms with Crippen molar-refractivity contribution in [2.24, 2.45) is 5.73 Å². The van der Waals surface area contributed by atoms with Crippen molar-refractivity contribution in [2.75, 3.05) is 61.0 Å². The van der Waals surface area contributed by atoms with Crippen LogP contribution in [0.5, 0.6) is 17.2 Å². The minimum Gasteiger partial charge on any atom is -0.494 e. The van der Waals surface area contributed by atoms with Gasteiger partial charge in [0.25, 0.3) is 0 Å². The molecule has 0 radical (unpaired) electrons. The molecule has 0 amide bonds. The van der Waals surface area contributed by atoms with E-state index in [0.29, 0.717) is 86.5 Å². The lowest BCUT2D eigenvalue weighted by Gasteiger charge is -2.37. The van der Waals surface area contributed by atoms with Gasteiger partial charge >= 0.3 is 5.97 Å². The molecule has 3 saturated carbocycles. The lowest BCUT2D eigenvalue weighted by Crippen LogP contribution is -2.46. The maximum absolute atomic E-state index is 15.4. The van der Waals surface area contributed by atoms with Crippen molar-refractivity contribution < 1.29 is 75.7 Å². The summed E-state index contributed by atoms with van der Waals surface area (Å²) in [7, 11) is 4.15. The number of aliphatic hydroxyl groups is 2. The van der Waals surface area contributed by atoms with E-state index in [-0.39, 0.29) is 154 Å². The molecule has 3 aromatic carbocycles. The zero-order valence-corrected chi connectivity index (χ0v) is 67.9. The smallest absolute Gasteiger partial charge is 0.358 e. The van der Waals surface area contributed by atoms with Gasteiger partial charge in [0, 0.05) is 89.9 Å². The number of carbonyl (C=O) groups is 3. The molecule has 0 atom stereocenters. The summed E-state index contributed by atoms with van der Waals surface area (Å²) in [6.07, 6.45) is 27.2. The maximum Gasteiger partial charge on any atom is 0.358 e. The summed E-state index contributed by atoms with van der Waals surface area (Å²) in [6.45, 7) is 1.91. The van der Waals surface area contributed by atoms with Crippen LogP contribution in [0.3, 0.4) is 0 Å². The van der Waals surface area contributed by atoms with Gasteiger partial charge in [-0.3, -0.25) is 9.59 Å². The highest BCUT2D eigenvalue weighted by molar-refractivity contribution is 5.94. The molecule has 15 heterocycles. The van der Waals surface area contributed by atoms with Crippen LogP contribution in [0.25, 0.3) is 34.0 Å². The van der Waals surface area contributed by atoms with Crippen molar-refractivity contribution in [3.8, 4) is 34.3 Å². The average molecular weight is 1740 g/mol. The molecule has 6 fully saturated rings. The zero-order valence-electron chi connectivity index (χ0n) is 67.1. The van der Waals surface area contributed by atoms with Crippen molar-refractivity contribution in [1.82, 2.24) is 134 Å². The quantitative estimate of drug-likeness (QED) is 0.0302. The Bertz CT molecular complexity index is 6230. The van der Waals surface area contributed by atoms with Crippen molar-refractivity contribution in [1.29, 1.82) is 0 Å². The number of benzene rings is 3. The van der Waals surface area contributed by atoms with E-state index in [1.54, 1.807) is 24.4 Å². The van der Waals surface area contributed by atoms with E-state index >= 15 is 13.2 Å². The van der Waals surface area contributed by atoms with Crippen molar-refractivity contribution >= 4 is 46.9 Å². The molecule has 3 aliphatic carbocycles. The number of halogens is 5. The molecule has 0 bridgehead atoms. The van der Waals surface area contributed by atoms with Crippen molar-refractivity contribution in [2.45, 2.75) is 125 Å². The Morgan fingerprint density at radius 2 is 0.800 bits per heavy atom. The number of Topliss-reactive ketones (excluding diaryl/α,β-unsaturated/α-hetero) is 2. The van der Waals surface area contributed by atoms with Crippen LogP contribution < -0.4 is 19.9 Å². The zero-order chi connectivity index (χ0) is 85.7. The van der Waals surface area contributed by atoms with E-state index in [4.69, 9.17) is 44.2 Å².